The monoisotopic (exact) mass is 234 g/mol. The van der Waals surface area contributed by atoms with Crippen LogP contribution in [0, 0.1) is 0 Å². The Kier molecular flexibility index (Phi) is 7.16. The van der Waals surface area contributed by atoms with E-state index in [4.69, 9.17) is 5.11 Å². The van der Waals surface area contributed by atoms with E-state index < -0.39 is 5.97 Å². The first-order valence-electron chi connectivity index (χ1n) is 4.27. The van der Waals surface area contributed by atoms with E-state index in [9.17, 15) is 4.79 Å². The molecule has 0 bridgehead atoms. The van der Waals surface area contributed by atoms with Crippen LogP contribution in [0.5, 0.6) is 0 Å². The number of carbonyl (C=O) groups is 1. The van der Waals surface area contributed by atoms with Gasteiger partial charge >= 0.3 is 5.97 Å². The summed E-state index contributed by atoms with van der Waals surface area (Å²) < 4.78 is 0.277. The molecule has 0 aromatic rings. The van der Waals surface area contributed by atoms with Crippen LogP contribution in [0.15, 0.2) is 10.6 Å². The summed E-state index contributed by atoms with van der Waals surface area (Å²) in [5.41, 5.74) is 0. The van der Waals surface area contributed by atoms with Crippen molar-refractivity contribution in [1.29, 1.82) is 0 Å². The summed E-state index contributed by atoms with van der Waals surface area (Å²) in [4.78, 5) is 10.3. The van der Waals surface area contributed by atoms with Gasteiger partial charge in [0.25, 0.3) is 0 Å². The van der Waals surface area contributed by atoms with E-state index in [0.29, 0.717) is 0 Å². The zero-order valence-electron chi connectivity index (χ0n) is 7.35. The van der Waals surface area contributed by atoms with Crippen molar-refractivity contribution in [2.75, 3.05) is 0 Å². The lowest BCUT2D eigenvalue weighted by Crippen LogP contribution is -1.92. The summed E-state index contributed by atoms with van der Waals surface area (Å²) in [6, 6.07) is 0. The van der Waals surface area contributed by atoms with Crippen molar-refractivity contribution in [2.24, 2.45) is 0 Å². The lowest BCUT2D eigenvalue weighted by atomic mass is 10.1. The van der Waals surface area contributed by atoms with Crippen LogP contribution in [0.1, 0.15) is 39.0 Å². The van der Waals surface area contributed by atoms with Crippen LogP contribution in [0.25, 0.3) is 0 Å². The summed E-state index contributed by atoms with van der Waals surface area (Å²) in [7, 11) is 0. The molecule has 2 nitrogen and oxygen atoms in total. The molecule has 0 saturated carbocycles. The standard InChI is InChI=1S/C9H15BrO2/c1-2-3-4-5-6-7-8(10)9(11)12/h7H,2-6H2,1H3,(H,11,12)/b8-7+. The molecule has 0 spiro atoms. The number of halogens is 1. The minimum absolute atomic E-state index is 0.277. The highest BCUT2D eigenvalue weighted by Crippen LogP contribution is 2.09. The van der Waals surface area contributed by atoms with E-state index in [2.05, 4.69) is 22.9 Å². The predicted octanol–water partition coefficient (Wildman–Crippen LogP) is 3.32. The fraction of sp³-hybridized carbons (Fsp3) is 0.667. The molecule has 0 heterocycles. The van der Waals surface area contributed by atoms with Gasteiger partial charge in [-0.3, -0.25) is 0 Å². The maximum absolute atomic E-state index is 10.3. The normalized spacial score (nSPS) is 11.7. The van der Waals surface area contributed by atoms with Gasteiger partial charge in [0.15, 0.2) is 0 Å². The third-order valence-corrected chi connectivity index (χ3v) is 2.25. The van der Waals surface area contributed by atoms with Gasteiger partial charge in [0.2, 0.25) is 0 Å². The maximum atomic E-state index is 10.3. The number of rotatable bonds is 6. The topological polar surface area (TPSA) is 37.3 Å². The van der Waals surface area contributed by atoms with Crippen LogP contribution in [0.4, 0.5) is 0 Å². The molecule has 0 aromatic carbocycles. The number of hydrogen-bond acceptors (Lipinski definition) is 1. The first-order chi connectivity index (χ1) is 5.68. The van der Waals surface area contributed by atoms with E-state index in [1.54, 1.807) is 6.08 Å². The lowest BCUT2D eigenvalue weighted by molar-refractivity contribution is -0.131. The summed E-state index contributed by atoms with van der Waals surface area (Å²) in [5, 5.41) is 8.47. The number of hydrogen-bond donors (Lipinski definition) is 1. The molecule has 0 amide bonds. The number of aliphatic carboxylic acids is 1. The van der Waals surface area contributed by atoms with Gasteiger partial charge in [-0.25, -0.2) is 4.79 Å². The molecular weight excluding hydrogens is 220 g/mol. The van der Waals surface area contributed by atoms with Crippen LogP contribution >= 0.6 is 15.9 Å². The Hall–Kier alpha value is -0.310. The predicted molar refractivity (Wildman–Crippen MR) is 53.4 cm³/mol. The van der Waals surface area contributed by atoms with Gasteiger partial charge in [0, 0.05) is 0 Å². The zero-order chi connectivity index (χ0) is 9.40. The van der Waals surface area contributed by atoms with Gasteiger partial charge in [-0.2, -0.15) is 0 Å². The van der Waals surface area contributed by atoms with Crippen molar-refractivity contribution in [3.05, 3.63) is 10.6 Å². The van der Waals surface area contributed by atoms with Gasteiger partial charge in [0.1, 0.15) is 0 Å². The third kappa shape index (κ3) is 6.40. The van der Waals surface area contributed by atoms with Gasteiger partial charge in [-0.1, -0.05) is 32.3 Å². The fourth-order valence-corrected chi connectivity index (χ4v) is 1.12. The lowest BCUT2D eigenvalue weighted by Gasteiger charge is -1.94. The van der Waals surface area contributed by atoms with Crippen LogP contribution in [-0.2, 0) is 4.79 Å². The summed E-state index contributed by atoms with van der Waals surface area (Å²) in [5.74, 6) is -0.884. The Balaban J connectivity index is 3.40. The number of allylic oxidation sites excluding steroid dienone is 1. The molecule has 0 fully saturated rings. The number of carboxylic acids is 1. The summed E-state index contributed by atoms with van der Waals surface area (Å²) >= 11 is 2.97. The SMILES string of the molecule is CCCCCC/C=C(/Br)C(=O)O. The van der Waals surface area contributed by atoms with Crippen LogP contribution in [0.2, 0.25) is 0 Å². The maximum Gasteiger partial charge on any atom is 0.342 e. The largest absolute Gasteiger partial charge is 0.477 e. The molecule has 70 valence electrons. The van der Waals surface area contributed by atoms with Gasteiger partial charge in [-0.15, -0.1) is 0 Å². The van der Waals surface area contributed by atoms with Crippen LogP contribution in [-0.4, -0.2) is 11.1 Å². The second-order valence-corrected chi connectivity index (χ2v) is 3.56. The van der Waals surface area contributed by atoms with Crippen molar-refractivity contribution in [2.45, 2.75) is 39.0 Å². The Morgan fingerprint density at radius 3 is 2.58 bits per heavy atom. The molecule has 0 aromatic heterocycles. The van der Waals surface area contributed by atoms with Crippen molar-refractivity contribution >= 4 is 21.9 Å². The Morgan fingerprint density at radius 1 is 1.42 bits per heavy atom. The first-order valence-corrected chi connectivity index (χ1v) is 5.06. The zero-order valence-corrected chi connectivity index (χ0v) is 8.93. The average molecular weight is 235 g/mol. The average Bonchev–Trinajstić information content (AvgIpc) is 2.03. The molecule has 0 rings (SSSR count). The number of carboxylic acid groups (broad SMARTS) is 1. The van der Waals surface area contributed by atoms with E-state index >= 15 is 0 Å². The van der Waals surface area contributed by atoms with Gasteiger partial charge < -0.3 is 5.11 Å². The van der Waals surface area contributed by atoms with Gasteiger partial charge in [-0.05, 0) is 28.8 Å². The van der Waals surface area contributed by atoms with E-state index in [1.807, 2.05) is 0 Å². The molecule has 0 atom stereocenters. The third-order valence-electron chi connectivity index (χ3n) is 1.59. The molecule has 0 unspecified atom stereocenters. The quantitative estimate of drug-likeness (QED) is 0.566. The fourth-order valence-electron chi connectivity index (χ4n) is 0.887. The van der Waals surface area contributed by atoms with Crippen molar-refractivity contribution in [1.82, 2.24) is 0 Å². The second kappa shape index (κ2) is 7.35. The molecule has 0 aliphatic rings. The first kappa shape index (κ1) is 11.7. The van der Waals surface area contributed by atoms with E-state index in [0.717, 1.165) is 12.8 Å². The summed E-state index contributed by atoms with van der Waals surface area (Å²) in [6.45, 7) is 2.16. The van der Waals surface area contributed by atoms with Crippen LogP contribution in [0.3, 0.4) is 0 Å². The smallest absolute Gasteiger partial charge is 0.342 e. The molecule has 0 aliphatic heterocycles. The minimum Gasteiger partial charge on any atom is -0.477 e. The Labute approximate surface area is 81.8 Å². The molecule has 0 aliphatic carbocycles. The molecular formula is C9H15BrO2. The molecule has 0 saturated heterocycles. The Bertz CT molecular complexity index is 164. The minimum atomic E-state index is -0.884. The van der Waals surface area contributed by atoms with Crippen molar-refractivity contribution in [3.63, 3.8) is 0 Å². The Morgan fingerprint density at radius 2 is 2.08 bits per heavy atom. The molecule has 1 N–H and O–H groups in total. The second-order valence-electron chi connectivity index (χ2n) is 2.71. The van der Waals surface area contributed by atoms with Crippen LogP contribution < -0.4 is 0 Å². The highest BCUT2D eigenvalue weighted by molar-refractivity contribution is 9.12. The highest BCUT2D eigenvalue weighted by atomic mass is 79.9. The van der Waals surface area contributed by atoms with E-state index in [1.165, 1.54) is 19.3 Å². The molecule has 0 radical (unpaired) electrons. The van der Waals surface area contributed by atoms with Gasteiger partial charge in [0.05, 0.1) is 4.48 Å². The molecule has 12 heavy (non-hydrogen) atoms. The molecule has 3 heteroatoms. The van der Waals surface area contributed by atoms with Crippen molar-refractivity contribution in [3.8, 4) is 0 Å². The number of unbranched alkanes of at least 4 members (excludes halogenated alkanes) is 4. The summed E-state index contributed by atoms with van der Waals surface area (Å²) in [6.07, 6.45) is 7.29. The highest BCUT2D eigenvalue weighted by Gasteiger charge is 1.99. The van der Waals surface area contributed by atoms with Crippen molar-refractivity contribution < 1.29 is 9.90 Å². The van der Waals surface area contributed by atoms with E-state index in [-0.39, 0.29) is 4.48 Å².